The highest BCUT2D eigenvalue weighted by Gasteiger charge is 2.36. The minimum atomic E-state index is -0.524. The topological polar surface area (TPSA) is 80.0 Å². The molecule has 0 aliphatic carbocycles. The molecule has 0 atom stereocenters. The number of para-hydroxylation sites is 1. The van der Waals surface area contributed by atoms with Gasteiger partial charge in [-0.25, -0.2) is 0 Å². The fourth-order valence-corrected chi connectivity index (χ4v) is 2.96. The lowest BCUT2D eigenvalue weighted by Gasteiger charge is -2.20. The average Bonchev–Trinajstić information content (AvgIpc) is 3.20. The van der Waals surface area contributed by atoms with Crippen LogP contribution in [0.5, 0.6) is 5.75 Å². The highest BCUT2D eigenvalue weighted by Crippen LogP contribution is 2.26. The molecule has 0 fully saturated rings. The third-order valence-corrected chi connectivity index (χ3v) is 4.42. The van der Waals surface area contributed by atoms with E-state index in [2.05, 4.69) is 0 Å². The van der Waals surface area contributed by atoms with E-state index in [1.807, 2.05) is 38.1 Å². The van der Waals surface area contributed by atoms with E-state index < -0.39 is 17.4 Å². The summed E-state index contributed by atoms with van der Waals surface area (Å²) in [5.41, 5.74) is 1.01. The number of methoxy groups -OCH3 is 1. The Morgan fingerprint density at radius 2 is 2.00 bits per heavy atom. The Labute approximate surface area is 151 Å². The Balaban J connectivity index is 1.80. The average molecular weight is 355 g/mol. The van der Waals surface area contributed by atoms with Crippen LogP contribution in [-0.2, 0) is 11.2 Å². The first-order chi connectivity index (χ1) is 12.4. The van der Waals surface area contributed by atoms with Gasteiger partial charge in [0.15, 0.2) is 11.5 Å². The molecule has 2 heterocycles. The van der Waals surface area contributed by atoms with Gasteiger partial charge in [0.1, 0.15) is 11.5 Å². The molecule has 1 N–H and O–H groups in total. The van der Waals surface area contributed by atoms with Crippen LogP contribution in [0.25, 0.3) is 0 Å². The maximum absolute atomic E-state index is 12.6. The lowest BCUT2D eigenvalue weighted by Crippen LogP contribution is -2.34. The number of ketones is 1. The molecule has 0 radical (unpaired) electrons. The van der Waals surface area contributed by atoms with E-state index in [1.54, 1.807) is 19.2 Å². The minimum absolute atomic E-state index is 0.0712. The van der Waals surface area contributed by atoms with E-state index in [1.165, 1.54) is 4.90 Å². The van der Waals surface area contributed by atoms with Crippen molar-refractivity contribution in [1.82, 2.24) is 4.90 Å². The number of benzene rings is 1. The van der Waals surface area contributed by atoms with Gasteiger partial charge in [0.25, 0.3) is 5.91 Å². The zero-order chi connectivity index (χ0) is 18.8. The molecule has 0 spiro atoms. The maximum Gasteiger partial charge on any atom is 0.289 e. The Bertz CT molecular complexity index is 878. The van der Waals surface area contributed by atoms with E-state index in [0.29, 0.717) is 12.2 Å². The van der Waals surface area contributed by atoms with Gasteiger partial charge in [-0.1, -0.05) is 18.2 Å². The molecule has 0 saturated heterocycles. The summed E-state index contributed by atoms with van der Waals surface area (Å²) in [6.07, 6.45) is 0.472. The second-order valence-corrected chi connectivity index (χ2v) is 6.44. The number of rotatable bonds is 6. The number of nitrogens with zero attached hydrogens (tertiary/aromatic N) is 1. The molecule has 2 aromatic rings. The van der Waals surface area contributed by atoms with Crippen LogP contribution >= 0.6 is 0 Å². The van der Waals surface area contributed by atoms with Gasteiger partial charge in [-0.15, -0.1) is 0 Å². The number of aliphatic hydroxyl groups excluding tert-OH is 1. The van der Waals surface area contributed by atoms with Crippen molar-refractivity contribution in [3.8, 4) is 5.75 Å². The quantitative estimate of drug-likeness (QED) is 0.805. The van der Waals surface area contributed by atoms with Crippen LogP contribution in [0.4, 0.5) is 0 Å². The Kier molecular flexibility index (Phi) is 4.84. The van der Waals surface area contributed by atoms with E-state index in [9.17, 15) is 14.7 Å². The molecule has 1 aromatic heterocycles. The Morgan fingerprint density at radius 3 is 2.65 bits per heavy atom. The summed E-state index contributed by atoms with van der Waals surface area (Å²) < 4.78 is 11.0. The van der Waals surface area contributed by atoms with Crippen molar-refractivity contribution >= 4 is 11.7 Å². The van der Waals surface area contributed by atoms with Gasteiger partial charge in [-0.3, -0.25) is 9.59 Å². The van der Waals surface area contributed by atoms with E-state index >= 15 is 0 Å². The molecule has 1 aromatic carbocycles. The second-order valence-electron chi connectivity index (χ2n) is 6.44. The van der Waals surface area contributed by atoms with Crippen molar-refractivity contribution < 1.29 is 23.8 Å². The van der Waals surface area contributed by atoms with E-state index in [4.69, 9.17) is 9.15 Å². The van der Waals surface area contributed by atoms with E-state index in [-0.39, 0.29) is 23.9 Å². The van der Waals surface area contributed by atoms with Crippen LogP contribution in [-0.4, -0.2) is 41.4 Å². The number of furan rings is 1. The van der Waals surface area contributed by atoms with Gasteiger partial charge < -0.3 is 19.2 Å². The first-order valence-corrected chi connectivity index (χ1v) is 8.40. The van der Waals surface area contributed by atoms with Crippen LogP contribution in [0.1, 0.15) is 35.7 Å². The molecule has 0 unspecified atom stereocenters. The molecule has 6 nitrogen and oxygen atoms in total. The van der Waals surface area contributed by atoms with Crippen LogP contribution < -0.4 is 4.74 Å². The van der Waals surface area contributed by atoms with Gasteiger partial charge in [-0.2, -0.15) is 0 Å². The summed E-state index contributed by atoms with van der Waals surface area (Å²) in [4.78, 5) is 26.1. The van der Waals surface area contributed by atoms with Crippen molar-refractivity contribution in [2.24, 2.45) is 0 Å². The number of Topliss-reactive ketones (excluding diaryl/α,β-unsaturated/α-hetero) is 1. The molecule has 26 heavy (non-hydrogen) atoms. The fraction of sp³-hybridized carbons (Fsp3) is 0.300. The molecule has 1 aliphatic rings. The third kappa shape index (κ3) is 3.22. The molecule has 1 aliphatic heterocycles. The normalized spacial score (nSPS) is 14.5. The fourth-order valence-electron chi connectivity index (χ4n) is 2.96. The number of amides is 1. The standard InChI is InChI=1S/C20H21NO5/c1-12(2)21-11-15(19(23)20(21)24)18(22)17-9-8-14(26-17)10-13-6-4-5-7-16(13)25-3/h4-9,12,23H,10-11H2,1-3H3. The van der Waals surface area contributed by atoms with Gasteiger partial charge in [-0.05, 0) is 32.0 Å². The van der Waals surface area contributed by atoms with Crippen molar-refractivity contribution in [3.05, 3.63) is 64.8 Å². The zero-order valence-corrected chi connectivity index (χ0v) is 15.0. The number of aliphatic hydroxyl groups is 1. The predicted octanol–water partition coefficient (Wildman–Crippen LogP) is 3.12. The Morgan fingerprint density at radius 1 is 1.27 bits per heavy atom. The summed E-state index contributed by atoms with van der Waals surface area (Å²) in [6, 6.07) is 10.7. The number of ether oxygens (including phenoxy) is 1. The number of carbonyl (C=O) groups excluding carboxylic acids is 2. The largest absolute Gasteiger partial charge is 0.503 e. The van der Waals surface area contributed by atoms with Crippen LogP contribution in [0.2, 0.25) is 0 Å². The first kappa shape index (κ1) is 17.8. The van der Waals surface area contributed by atoms with Gasteiger partial charge >= 0.3 is 0 Å². The molecule has 0 saturated carbocycles. The van der Waals surface area contributed by atoms with Crippen LogP contribution in [0, 0.1) is 0 Å². The molecule has 3 rings (SSSR count). The summed E-state index contributed by atoms with van der Waals surface area (Å²) in [6.45, 7) is 3.75. The summed E-state index contributed by atoms with van der Waals surface area (Å²) >= 11 is 0. The highest BCUT2D eigenvalue weighted by atomic mass is 16.5. The van der Waals surface area contributed by atoms with Crippen molar-refractivity contribution in [3.63, 3.8) is 0 Å². The summed E-state index contributed by atoms with van der Waals surface area (Å²) in [7, 11) is 1.60. The van der Waals surface area contributed by atoms with Gasteiger partial charge in [0, 0.05) is 18.0 Å². The molecule has 1 amide bonds. The zero-order valence-electron chi connectivity index (χ0n) is 15.0. The minimum Gasteiger partial charge on any atom is -0.503 e. The lowest BCUT2D eigenvalue weighted by molar-refractivity contribution is -0.129. The van der Waals surface area contributed by atoms with E-state index in [0.717, 1.165) is 11.3 Å². The second kappa shape index (κ2) is 7.07. The van der Waals surface area contributed by atoms with Gasteiger partial charge in [0.05, 0.1) is 19.2 Å². The summed E-state index contributed by atoms with van der Waals surface area (Å²) in [5.74, 6) is -0.0373. The number of hydrogen-bond donors (Lipinski definition) is 1. The lowest BCUT2D eigenvalue weighted by atomic mass is 10.1. The van der Waals surface area contributed by atoms with Crippen molar-refractivity contribution in [1.29, 1.82) is 0 Å². The SMILES string of the molecule is COc1ccccc1Cc1ccc(C(=O)C2=C(O)C(=O)N(C(C)C)C2)o1. The number of hydrogen-bond acceptors (Lipinski definition) is 5. The van der Waals surface area contributed by atoms with Crippen molar-refractivity contribution in [2.45, 2.75) is 26.3 Å². The van der Waals surface area contributed by atoms with Gasteiger partial charge in [0.2, 0.25) is 5.78 Å². The summed E-state index contributed by atoms with van der Waals surface area (Å²) in [5, 5.41) is 10.0. The molecular weight excluding hydrogens is 334 g/mol. The van der Waals surface area contributed by atoms with Crippen LogP contribution in [0.3, 0.4) is 0 Å². The molecule has 6 heteroatoms. The molecule has 136 valence electrons. The first-order valence-electron chi connectivity index (χ1n) is 8.40. The smallest absolute Gasteiger partial charge is 0.289 e. The number of carbonyl (C=O) groups is 2. The monoisotopic (exact) mass is 355 g/mol. The highest BCUT2D eigenvalue weighted by molar-refractivity contribution is 6.14. The van der Waals surface area contributed by atoms with Crippen molar-refractivity contribution in [2.75, 3.05) is 13.7 Å². The van der Waals surface area contributed by atoms with Crippen LogP contribution in [0.15, 0.2) is 52.1 Å². The predicted molar refractivity (Wildman–Crippen MR) is 95.3 cm³/mol. The molecule has 0 bridgehead atoms. The third-order valence-electron chi connectivity index (χ3n) is 4.42. The molecular formula is C20H21NO5. The maximum atomic E-state index is 12.6. The Hall–Kier alpha value is -3.02.